The van der Waals surface area contributed by atoms with Gasteiger partial charge in [0.1, 0.15) is 6.04 Å². The van der Waals surface area contributed by atoms with Crippen LogP contribution in [0.4, 0.5) is 5.69 Å². The molecule has 126 valence electrons. The predicted molar refractivity (Wildman–Crippen MR) is 97.6 cm³/mol. The fourth-order valence-corrected chi connectivity index (χ4v) is 3.01. The normalized spacial score (nSPS) is 11.4. The third-order valence-electron chi connectivity index (χ3n) is 3.22. The van der Waals surface area contributed by atoms with E-state index in [4.69, 9.17) is 0 Å². The van der Waals surface area contributed by atoms with E-state index in [0.29, 0.717) is 6.42 Å². The van der Waals surface area contributed by atoms with Gasteiger partial charge in [0.25, 0.3) is 5.91 Å². The maximum atomic E-state index is 12.3. The standard InChI is InChI=1S/C18H21N3O2S/c1-14(22)19-17(12-13-24-16-10-6-3-7-11-16)18(23)21-20-15-8-4-2-5-9-15/h2-11,17,20H,12-13H2,1H3,(H,19,22)(H,21,23)/t17-/m1/s1. The summed E-state index contributed by atoms with van der Waals surface area (Å²) in [6.45, 7) is 1.41. The zero-order chi connectivity index (χ0) is 17.2. The predicted octanol–water partition coefficient (Wildman–Crippen LogP) is 2.82. The summed E-state index contributed by atoms with van der Waals surface area (Å²) in [6.07, 6.45) is 0.543. The number of benzene rings is 2. The first-order chi connectivity index (χ1) is 11.6. The molecule has 6 heteroatoms. The molecular weight excluding hydrogens is 322 g/mol. The molecule has 2 amide bonds. The summed E-state index contributed by atoms with van der Waals surface area (Å²) < 4.78 is 0. The molecule has 24 heavy (non-hydrogen) atoms. The molecule has 2 rings (SSSR count). The van der Waals surface area contributed by atoms with Crippen molar-refractivity contribution in [2.24, 2.45) is 0 Å². The van der Waals surface area contributed by atoms with E-state index >= 15 is 0 Å². The Morgan fingerprint density at radius 1 is 1.00 bits per heavy atom. The Hall–Kier alpha value is -2.47. The van der Waals surface area contributed by atoms with Gasteiger partial charge in [-0.2, -0.15) is 0 Å². The minimum atomic E-state index is -0.574. The summed E-state index contributed by atoms with van der Waals surface area (Å²) in [6, 6.07) is 18.7. The number of amides is 2. The Morgan fingerprint density at radius 3 is 2.25 bits per heavy atom. The minimum absolute atomic E-state index is 0.223. The van der Waals surface area contributed by atoms with Crippen molar-refractivity contribution in [3.05, 3.63) is 60.7 Å². The Balaban J connectivity index is 1.84. The van der Waals surface area contributed by atoms with Crippen LogP contribution in [-0.4, -0.2) is 23.6 Å². The first-order valence-electron chi connectivity index (χ1n) is 7.71. The molecule has 2 aromatic rings. The fraction of sp³-hybridized carbons (Fsp3) is 0.222. The largest absolute Gasteiger partial charge is 0.344 e. The van der Waals surface area contributed by atoms with Crippen LogP contribution in [0, 0.1) is 0 Å². The zero-order valence-electron chi connectivity index (χ0n) is 13.5. The van der Waals surface area contributed by atoms with Gasteiger partial charge < -0.3 is 5.32 Å². The van der Waals surface area contributed by atoms with Gasteiger partial charge in [-0.25, -0.2) is 0 Å². The highest BCUT2D eigenvalue weighted by atomic mass is 32.2. The smallest absolute Gasteiger partial charge is 0.260 e. The average molecular weight is 343 g/mol. The number of carbonyl (C=O) groups is 2. The van der Waals surface area contributed by atoms with Gasteiger partial charge in [0.15, 0.2) is 0 Å². The molecule has 0 saturated heterocycles. The van der Waals surface area contributed by atoms with Crippen LogP contribution in [0.2, 0.25) is 0 Å². The van der Waals surface area contributed by atoms with Crippen LogP contribution in [0.5, 0.6) is 0 Å². The lowest BCUT2D eigenvalue weighted by molar-refractivity contribution is -0.127. The van der Waals surface area contributed by atoms with Gasteiger partial charge in [0, 0.05) is 17.6 Å². The molecule has 0 aromatic heterocycles. The number of rotatable bonds is 8. The molecule has 0 saturated carbocycles. The average Bonchev–Trinajstić information content (AvgIpc) is 2.60. The number of nitrogens with one attached hydrogen (secondary N) is 3. The lowest BCUT2D eigenvalue weighted by atomic mass is 10.2. The van der Waals surface area contributed by atoms with E-state index in [1.54, 1.807) is 11.8 Å². The minimum Gasteiger partial charge on any atom is -0.344 e. The third kappa shape index (κ3) is 6.34. The number of hydrazine groups is 1. The monoisotopic (exact) mass is 343 g/mol. The van der Waals surface area contributed by atoms with E-state index in [1.165, 1.54) is 6.92 Å². The molecule has 0 aliphatic heterocycles. The summed E-state index contributed by atoms with van der Waals surface area (Å²) in [7, 11) is 0. The molecular formula is C18H21N3O2S. The molecule has 0 fully saturated rings. The number of para-hydroxylation sites is 1. The molecule has 0 unspecified atom stereocenters. The van der Waals surface area contributed by atoms with E-state index in [9.17, 15) is 9.59 Å². The highest BCUT2D eigenvalue weighted by Gasteiger charge is 2.19. The van der Waals surface area contributed by atoms with Crippen LogP contribution in [-0.2, 0) is 9.59 Å². The molecule has 0 aliphatic carbocycles. The first-order valence-corrected chi connectivity index (χ1v) is 8.69. The van der Waals surface area contributed by atoms with Gasteiger partial charge in [-0.3, -0.25) is 20.4 Å². The number of carbonyl (C=O) groups excluding carboxylic acids is 2. The van der Waals surface area contributed by atoms with E-state index in [2.05, 4.69) is 16.2 Å². The zero-order valence-corrected chi connectivity index (χ0v) is 14.3. The van der Waals surface area contributed by atoms with Crippen molar-refractivity contribution in [2.75, 3.05) is 11.2 Å². The van der Waals surface area contributed by atoms with Crippen molar-refractivity contribution < 1.29 is 9.59 Å². The van der Waals surface area contributed by atoms with Crippen molar-refractivity contribution in [3.8, 4) is 0 Å². The van der Waals surface area contributed by atoms with Crippen LogP contribution >= 0.6 is 11.8 Å². The van der Waals surface area contributed by atoms with Crippen LogP contribution in [0.1, 0.15) is 13.3 Å². The second-order valence-electron chi connectivity index (χ2n) is 5.18. The van der Waals surface area contributed by atoms with Gasteiger partial charge in [0.05, 0.1) is 5.69 Å². The Morgan fingerprint density at radius 2 is 1.62 bits per heavy atom. The van der Waals surface area contributed by atoms with E-state index in [-0.39, 0.29) is 11.8 Å². The van der Waals surface area contributed by atoms with Gasteiger partial charge in [-0.05, 0) is 30.7 Å². The molecule has 0 spiro atoms. The molecule has 0 heterocycles. The van der Waals surface area contributed by atoms with Crippen LogP contribution < -0.4 is 16.2 Å². The third-order valence-corrected chi connectivity index (χ3v) is 4.26. The van der Waals surface area contributed by atoms with Crippen LogP contribution in [0.25, 0.3) is 0 Å². The Kier molecular flexibility index (Phi) is 7.17. The maximum absolute atomic E-state index is 12.3. The second kappa shape index (κ2) is 9.62. The molecule has 0 radical (unpaired) electrons. The van der Waals surface area contributed by atoms with Crippen molar-refractivity contribution in [2.45, 2.75) is 24.3 Å². The second-order valence-corrected chi connectivity index (χ2v) is 6.35. The lowest BCUT2D eigenvalue weighted by Crippen LogP contribution is -2.48. The SMILES string of the molecule is CC(=O)N[C@H](CCSc1ccccc1)C(=O)NNc1ccccc1. The van der Waals surface area contributed by atoms with Crippen molar-refractivity contribution >= 4 is 29.3 Å². The fourth-order valence-electron chi connectivity index (χ4n) is 2.07. The molecule has 2 aromatic carbocycles. The molecule has 3 N–H and O–H groups in total. The lowest BCUT2D eigenvalue weighted by Gasteiger charge is -2.18. The summed E-state index contributed by atoms with van der Waals surface area (Å²) in [5.41, 5.74) is 6.27. The highest BCUT2D eigenvalue weighted by molar-refractivity contribution is 7.99. The van der Waals surface area contributed by atoms with Gasteiger partial charge >= 0.3 is 0 Å². The highest BCUT2D eigenvalue weighted by Crippen LogP contribution is 2.18. The summed E-state index contributed by atoms with van der Waals surface area (Å²) in [4.78, 5) is 24.8. The van der Waals surface area contributed by atoms with Gasteiger partial charge in [0.2, 0.25) is 5.91 Å². The van der Waals surface area contributed by atoms with E-state index in [0.717, 1.165) is 16.3 Å². The maximum Gasteiger partial charge on any atom is 0.260 e. The topological polar surface area (TPSA) is 70.2 Å². The van der Waals surface area contributed by atoms with Crippen LogP contribution in [0.15, 0.2) is 65.6 Å². The number of hydrogen-bond acceptors (Lipinski definition) is 4. The number of hydrogen-bond donors (Lipinski definition) is 3. The van der Waals surface area contributed by atoms with Gasteiger partial charge in [-0.15, -0.1) is 11.8 Å². The summed E-state index contributed by atoms with van der Waals surface area (Å²) in [5, 5.41) is 2.70. The molecule has 5 nitrogen and oxygen atoms in total. The van der Waals surface area contributed by atoms with Crippen molar-refractivity contribution in [3.63, 3.8) is 0 Å². The van der Waals surface area contributed by atoms with E-state index < -0.39 is 6.04 Å². The molecule has 0 aliphatic rings. The number of anilines is 1. The number of thioether (sulfide) groups is 1. The molecule has 0 bridgehead atoms. The first kappa shape index (κ1) is 17.9. The van der Waals surface area contributed by atoms with Crippen LogP contribution in [0.3, 0.4) is 0 Å². The summed E-state index contributed by atoms with van der Waals surface area (Å²) in [5.74, 6) is 0.246. The Bertz CT molecular complexity index is 650. The van der Waals surface area contributed by atoms with Crippen molar-refractivity contribution in [1.29, 1.82) is 0 Å². The van der Waals surface area contributed by atoms with E-state index in [1.807, 2.05) is 60.7 Å². The van der Waals surface area contributed by atoms with Crippen molar-refractivity contribution in [1.82, 2.24) is 10.7 Å². The quantitative estimate of drug-likeness (QED) is 0.509. The van der Waals surface area contributed by atoms with Gasteiger partial charge in [-0.1, -0.05) is 36.4 Å². The summed E-state index contributed by atoms with van der Waals surface area (Å²) >= 11 is 1.66. The Labute approximate surface area is 146 Å². The molecule has 1 atom stereocenters.